The summed E-state index contributed by atoms with van der Waals surface area (Å²) < 4.78 is 38.3. The summed E-state index contributed by atoms with van der Waals surface area (Å²) in [5.41, 5.74) is 4.40. The predicted molar refractivity (Wildman–Crippen MR) is 117 cm³/mol. The van der Waals surface area contributed by atoms with Crippen molar-refractivity contribution in [2.75, 3.05) is 10.5 Å². The molecule has 0 saturated heterocycles. The van der Waals surface area contributed by atoms with Crippen molar-refractivity contribution in [1.29, 1.82) is 0 Å². The zero-order valence-electron chi connectivity index (χ0n) is 16.8. The van der Waals surface area contributed by atoms with E-state index in [0.717, 1.165) is 65.1 Å². The van der Waals surface area contributed by atoms with Gasteiger partial charge >= 0.3 is 0 Å². The van der Waals surface area contributed by atoms with Crippen LogP contribution in [0.25, 0.3) is 11.1 Å². The Morgan fingerprint density at radius 2 is 1.83 bits per heavy atom. The van der Waals surface area contributed by atoms with E-state index in [0.29, 0.717) is 5.75 Å². The molecule has 0 atom stereocenters. The monoisotopic (exact) mass is 428 g/mol. The summed E-state index contributed by atoms with van der Waals surface area (Å²) in [6.45, 7) is 2.05. The van der Waals surface area contributed by atoms with E-state index in [2.05, 4.69) is 4.72 Å². The first-order chi connectivity index (χ1) is 14.5. The molecule has 7 heteroatoms. The largest absolute Gasteiger partial charge is 0.454 e. The van der Waals surface area contributed by atoms with Crippen molar-refractivity contribution >= 4 is 17.6 Å². The summed E-state index contributed by atoms with van der Waals surface area (Å²) in [6, 6.07) is 8.80. The summed E-state index contributed by atoms with van der Waals surface area (Å²) in [4.78, 5) is 12.5. The van der Waals surface area contributed by atoms with Crippen molar-refractivity contribution in [1.82, 2.24) is 4.57 Å². The summed E-state index contributed by atoms with van der Waals surface area (Å²) in [7, 11) is 1.74. The van der Waals surface area contributed by atoms with Gasteiger partial charge in [0.1, 0.15) is 11.6 Å². The molecule has 30 heavy (non-hydrogen) atoms. The smallest absolute Gasteiger partial charge is 0.253 e. The van der Waals surface area contributed by atoms with Crippen LogP contribution in [0, 0.1) is 11.6 Å². The van der Waals surface area contributed by atoms with E-state index in [9.17, 15) is 13.6 Å². The molecule has 156 valence electrons. The number of fused-ring (bicyclic) bond motifs is 1. The van der Waals surface area contributed by atoms with E-state index in [1.165, 1.54) is 6.07 Å². The van der Waals surface area contributed by atoms with E-state index in [1.807, 2.05) is 25.3 Å². The van der Waals surface area contributed by atoms with Crippen LogP contribution in [0.5, 0.6) is 11.5 Å². The lowest BCUT2D eigenvalue weighted by Crippen LogP contribution is -2.21. The van der Waals surface area contributed by atoms with Crippen molar-refractivity contribution in [3.63, 3.8) is 0 Å². The minimum Gasteiger partial charge on any atom is -0.454 e. The van der Waals surface area contributed by atoms with Crippen LogP contribution in [0.3, 0.4) is 0 Å². The number of benzene rings is 2. The molecule has 1 aromatic heterocycles. The average molecular weight is 429 g/mol. The second-order valence-electron chi connectivity index (χ2n) is 7.19. The molecule has 1 aliphatic carbocycles. The number of halogens is 2. The number of anilines is 1. The van der Waals surface area contributed by atoms with Crippen LogP contribution in [0.2, 0.25) is 0 Å². The molecule has 1 N–H and O–H groups in total. The molecular weight excluding hydrogens is 406 g/mol. The van der Waals surface area contributed by atoms with Crippen LogP contribution in [-0.2, 0) is 19.9 Å². The molecule has 1 heterocycles. The predicted octanol–water partition coefficient (Wildman–Crippen LogP) is 5.69. The summed E-state index contributed by atoms with van der Waals surface area (Å²) in [6.07, 6.45) is 4.30. The third kappa shape index (κ3) is 3.94. The molecule has 2 aromatic carbocycles. The Kier molecular flexibility index (Phi) is 5.81. The van der Waals surface area contributed by atoms with Gasteiger partial charge in [-0.1, -0.05) is 18.9 Å². The summed E-state index contributed by atoms with van der Waals surface area (Å²) >= 11 is 1.56. The van der Waals surface area contributed by atoms with Gasteiger partial charge in [-0.15, -0.1) is 0 Å². The molecule has 0 fully saturated rings. The highest BCUT2D eigenvalue weighted by Gasteiger charge is 2.23. The van der Waals surface area contributed by atoms with Crippen LogP contribution < -0.4 is 15.0 Å². The molecule has 4 rings (SSSR count). The Labute approximate surface area is 178 Å². The van der Waals surface area contributed by atoms with E-state index in [1.54, 1.807) is 29.6 Å². The first-order valence-corrected chi connectivity index (χ1v) is 10.8. The fourth-order valence-electron chi connectivity index (χ4n) is 3.78. The molecule has 0 radical (unpaired) electrons. The topological polar surface area (TPSA) is 43.3 Å². The Balaban J connectivity index is 1.86. The lowest BCUT2D eigenvalue weighted by molar-refractivity contribution is 0.439. The highest BCUT2D eigenvalue weighted by atomic mass is 32.2. The van der Waals surface area contributed by atoms with E-state index >= 15 is 0 Å². The van der Waals surface area contributed by atoms with E-state index < -0.39 is 11.6 Å². The first kappa shape index (κ1) is 20.5. The van der Waals surface area contributed by atoms with Gasteiger partial charge in [0.15, 0.2) is 11.6 Å². The van der Waals surface area contributed by atoms with Gasteiger partial charge in [-0.3, -0.25) is 4.79 Å². The van der Waals surface area contributed by atoms with Crippen LogP contribution in [-0.4, -0.2) is 10.3 Å². The van der Waals surface area contributed by atoms with Crippen molar-refractivity contribution in [3.8, 4) is 22.6 Å². The minimum atomic E-state index is -0.768. The van der Waals surface area contributed by atoms with E-state index in [4.69, 9.17) is 4.74 Å². The van der Waals surface area contributed by atoms with Gasteiger partial charge in [0, 0.05) is 47.4 Å². The maximum absolute atomic E-state index is 14.2. The standard InChI is InChI=1S/C23H22F2N2O2S/c1-3-30-26-15-8-10-21(29-22-9-7-14(24)11-20(22)25)18(12-15)19-13-27(2)23(28)17-6-4-5-16(17)19/h7-13,26H,3-6H2,1-2H3. The lowest BCUT2D eigenvalue weighted by Gasteiger charge is -2.17. The van der Waals surface area contributed by atoms with Gasteiger partial charge in [0.25, 0.3) is 5.56 Å². The number of nitrogens with one attached hydrogen (secondary N) is 1. The zero-order chi connectivity index (χ0) is 21.3. The fraction of sp³-hybridized carbons (Fsp3) is 0.261. The number of pyridine rings is 1. The number of aryl methyl sites for hydroxylation is 1. The van der Waals surface area contributed by atoms with Crippen LogP contribution in [0.1, 0.15) is 24.5 Å². The molecule has 0 saturated carbocycles. The quantitative estimate of drug-likeness (QED) is 0.512. The summed E-state index contributed by atoms with van der Waals surface area (Å²) in [5, 5.41) is 0. The van der Waals surface area contributed by atoms with Crippen LogP contribution >= 0.6 is 11.9 Å². The fourth-order valence-corrected chi connectivity index (χ4v) is 4.22. The molecule has 0 spiro atoms. The lowest BCUT2D eigenvalue weighted by atomic mass is 9.98. The Morgan fingerprint density at radius 1 is 1.07 bits per heavy atom. The third-order valence-corrected chi connectivity index (χ3v) is 5.83. The maximum atomic E-state index is 14.2. The maximum Gasteiger partial charge on any atom is 0.253 e. The van der Waals surface area contributed by atoms with Gasteiger partial charge in [0.2, 0.25) is 0 Å². The zero-order valence-corrected chi connectivity index (χ0v) is 17.6. The van der Waals surface area contributed by atoms with Gasteiger partial charge in [-0.05, 0) is 55.2 Å². The SMILES string of the molecule is CCSNc1ccc(Oc2ccc(F)cc2F)c(-c2cn(C)c(=O)c3c2CCC3)c1. The molecule has 1 aliphatic rings. The van der Waals surface area contributed by atoms with Gasteiger partial charge in [-0.2, -0.15) is 0 Å². The molecule has 0 bridgehead atoms. The molecule has 4 nitrogen and oxygen atoms in total. The normalized spacial score (nSPS) is 12.7. The molecule has 3 aromatic rings. The van der Waals surface area contributed by atoms with Gasteiger partial charge in [0.05, 0.1) is 0 Å². The Bertz CT molecular complexity index is 1160. The highest BCUT2D eigenvalue weighted by Crippen LogP contribution is 2.40. The van der Waals surface area contributed by atoms with Crippen LogP contribution in [0.15, 0.2) is 47.4 Å². The van der Waals surface area contributed by atoms with Crippen molar-refractivity contribution < 1.29 is 13.5 Å². The second-order valence-corrected chi connectivity index (χ2v) is 8.26. The van der Waals surface area contributed by atoms with Gasteiger partial charge in [-0.25, -0.2) is 8.78 Å². The average Bonchev–Trinajstić information content (AvgIpc) is 3.22. The third-order valence-electron chi connectivity index (χ3n) is 5.16. The van der Waals surface area contributed by atoms with Crippen molar-refractivity contribution in [2.45, 2.75) is 26.2 Å². The Hall–Kier alpha value is -2.80. The molecule has 0 amide bonds. The Morgan fingerprint density at radius 3 is 2.60 bits per heavy atom. The highest BCUT2D eigenvalue weighted by molar-refractivity contribution is 8.00. The molecular formula is C23H22F2N2O2S. The second kappa shape index (κ2) is 8.52. The number of hydrogen-bond acceptors (Lipinski definition) is 4. The number of aromatic nitrogens is 1. The minimum absolute atomic E-state index is 0.0223. The van der Waals surface area contributed by atoms with Gasteiger partial charge < -0.3 is 14.0 Å². The number of hydrogen-bond donors (Lipinski definition) is 1. The van der Waals surface area contributed by atoms with Crippen LogP contribution in [0.4, 0.5) is 14.5 Å². The number of rotatable bonds is 6. The molecule has 0 unspecified atom stereocenters. The number of nitrogens with zero attached hydrogens (tertiary/aromatic N) is 1. The number of ether oxygens (including phenoxy) is 1. The molecule has 0 aliphatic heterocycles. The first-order valence-electron chi connectivity index (χ1n) is 9.84. The van der Waals surface area contributed by atoms with E-state index in [-0.39, 0.29) is 11.3 Å². The van der Waals surface area contributed by atoms with Crippen molar-refractivity contribution in [3.05, 3.63) is 75.7 Å². The summed E-state index contributed by atoms with van der Waals surface area (Å²) in [5.74, 6) is -0.144. The van der Waals surface area contributed by atoms with Crippen molar-refractivity contribution in [2.24, 2.45) is 7.05 Å².